The number of piperazine rings is 1. The molecule has 1 fully saturated rings. The topological polar surface area (TPSA) is 88.8 Å². The second-order valence-electron chi connectivity index (χ2n) is 7.59. The summed E-state index contributed by atoms with van der Waals surface area (Å²) in [7, 11) is 0. The Bertz CT molecular complexity index is 1130. The Labute approximate surface area is 183 Å². The average molecular weight is 441 g/mol. The van der Waals surface area contributed by atoms with Gasteiger partial charge in [-0.2, -0.15) is 4.98 Å². The molecule has 1 aliphatic rings. The van der Waals surface area contributed by atoms with Crippen LogP contribution in [0.1, 0.15) is 11.1 Å². The minimum absolute atomic E-state index is 0.0325. The average Bonchev–Trinajstić information content (AvgIpc) is 2.77. The summed E-state index contributed by atoms with van der Waals surface area (Å²) in [5.74, 6) is 0. The van der Waals surface area contributed by atoms with Crippen molar-refractivity contribution in [1.82, 2.24) is 9.88 Å². The predicted molar refractivity (Wildman–Crippen MR) is 122 cm³/mol. The lowest BCUT2D eigenvalue weighted by Crippen LogP contribution is -2.47. The van der Waals surface area contributed by atoms with E-state index in [0.717, 1.165) is 25.2 Å². The van der Waals surface area contributed by atoms with E-state index in [0.29, 0.717) is 47.1 Å². The molecule has 2 aromatic carbocycles. The zero-order valence-corrected chi connectivity index (χ0v) is 18.1. The number of nitro groups is 1. The van der Waals surface area contributed by atoms with Gasteiger partial charge in [-0.25, -0.2) is 0 Å². The number of nitro benzene ring substituents is 1. The van der Waals surface area contributed by atoms with Crippen LogP contribution in [0.25, 0.3) is 10.1 Å². The number of rotatable bonds is 7. The monoisotopic (exact) mass is 440 g/mol. The molecule has 0 atom stereocenters. The number of nitrogens with zero attached hydrogens (tertiary/aromatic N) is 4. The Balaban J connectivity index is 1.37. The molecule has 1 aromatic heterocycles. The van der Waals surface area contributed by atoms with Crippen LogP contribution in [0, 0.1) is 17.0 Å². The molecule has 0 spiro atoms. The molecule has 3 aromatic rings. The van der Waals surface area contributed by atoms with E-state index in [1.54, 1.807) is 13.0 Å². The van der Waals surface area contributed by atoms with E-state index in [2.05, 4.69) is 9.88 Å². The second kappa shape index (κ2) is 9.51. The lowest BCUT2D eigenvalue weighted by atomic mass is 10.1. The minimum atomic E-state index is -0.428. The van der Waals surface area contributed by atoms with Crippen LogP contribution < -0.4 is 10.5 Å². The lowest BCUT2D eigenvalue weighted by molar-refractivity contribution is -0.382. The molecule has 0 aliphatic carbocycles. The van der Waals surface area contributed by atoms with Crippen molar-refractivity contribution in [3.8, 4) is 0 Å². The molecule has 2 heterocycles. The van der Waals surface area contributed by atoms with Crippen LogP contribution in [0.3, 0.4) is 0 Å². The summed E-state index contributed by atoms with van der Waals surface area (Å²) >= 11 is 1.22. The van der Waals surface area contributed by atoms with Gasteiger partial charge in [0.1, 0.15) is 4.70 Å². The molecule has 0 N–H and O–H groups in total. The fourth-order valence-corrected chi connectivity index (χ4v) is 4.79. The first-order chi connectivity index (χ1) is 15.0. The van der Waals surface area contributed by atoms with Crippen molar-refractivity contribution in [2.24, 2.45) is 0 Å². The first-order valence-electron chi connectivity index (χ1n) is 10.2. The summed E-state index contributed by atoms with van der Waals surface area (Å²) in [6, 6.07) is 13.3. The highest BCUT2D eigenvalue weighted by atomic mass is 32.1. The zero-order valence-electron chi connectivity index (χ0n) is 17.3. The van der Waals surface area contributed by atoms with Crippen LogP contribution in [0.5, 0.6) is 0 Å². The van der Waals surface area contributed by atoms with E-state index in [1.807, 2.05) is 35.2 Å². The molecule has 0 unspecified atom stereocenters. The highest BCUT2D eigenvalue weighted by Crippen LogP contribution is 2.32. The number of non-ortho nitro benzene ring substituents is 1. The standard InChI is InChI=1S/C22H24N4O4S/c1-16-13-18-20(19(14-16)26(28)29)31-22(23-21(18)27)25-9-7-24(8-10-25)11-12-30-15-17-5-3-2-4-6-17/h2-6,13-14H,7-12,15H2,1H3. The minimum Gasteiger partial charge on any atom is -0.375 e. The maximum absolute atomic E-state index is 12.5. The van der Waals surface area contributed by atoms with Crippen molar-refractivity contribution in [3.63, 3.8) is 0 Å². The number of aromatic nitrogens is 1. The molecular formula is C22H24N4O4S. The van der Waals surface area contributed by atoms with Gasteiger partial charge in [0.15, 0.2) is 5.13 Å². The largest absolute Gasteiger partial charge is 0.375 e. The van der Waals surface area contributed by atoms with Crippen molar-refractivity contribution >= 4 is 32.2 Å². The molecular weight excluding hydrogens is 416 g/mol. The summed E-state index contributed by atoms with van der Waals surface area (Å²) in [6.45, 7) is 6.92. The highest BCUT2D eigenvalue weighted by molar-refractivity contribution is 7.22. The van der Waals surface area contributed by atoms with E-state index in [-0.39, 0.29) is 5.69 Å². The third-order valence-electron chi connectivity index (χ3n) is 5.34. The molecule has 1 aliphatic heterocycles. The zero-order chi connectivity index (χ0) is 21.8. The van der Waals surface area contributed by atoms with Gasteiger partial charge in [0.05, 0.1) is 23.5 Å². The SMILES string of the molecule is Cc1cc([N+](=O)[O-])c2sc(N3CCN(CCOCc4ccccc4)CC3)nc(=O)c2c1. The summed E-state index contributed by atoms with van der Waals surface area (Å²) in [4.78, 5) is 32.2. The summed E-state index contributed by atoms with van der Waals surface area (Å²) in [6.07, 6.45) is 0. The van der Waals surface area contributed by atoms with Crippen molar-refractivity contribution in [2.45, 2.75) is 13.5 Å². The Morgan fingerprint density at radius 2 is 1.90 bits per heavy atom. The van der Waals surface area contributed by atoms with Crippen molar-refractivity contribution in [1.29, 1.82) is 0 Å². The highest BCUT2D eigenvalue weighted by Gasteiger charge is 2.22. The Morgan fingerprint density at radius 3 is 2.61 bits per heavy atom. The summed E-state index contributed by atoms with van der Waals surface area (Å²) in [5, 5.41) is 12.3. The maximum atomic E-state index is 12.5. The molecule has 0 saturated carbocycles. The van der Waals surface area contributed by atoms with Gasteiger partial charge in [-0.1, -0.05) is 41.7 Å². The lowest BCUT2D eigenvalue weighted by Gasteiger charge is -2.34. The molecule has 4 rings (SSSR count). The van der Waals surface area contributed by atoms with E-state index < -0.39 is 10.5 Å². The van der Waals surface area contributed by atoms with Gasteiger partial charge in [-0.3, -0.25) is 19.8 Å². The van der Waals surface area contributed by atoms with Gasteiger partial charge < -0.3 is 9.64 Å². The van der Waals surface area contributed by atoms with E-state index >= 15 is 0 Å². The molecule has 0 amide bonds. The Kier molecular flexibility index (Phi) is 6.55. The first kappa shape index (κ1) is 21.4. The normalized spacial score (nSPS) is 14.8. The van der Waals surface area contributed by atoms with Crippen LogP contribution in [0.4, 0.5) is 10.8 Å². The third kappa shape index (κ3) is 5.07. The van der Waals surface area contributed by atoms with Crippen molar-refractivity contribution in [3.05, 3.63) is 74.1 Å². The number of hydrogen-bond donors (Lipinski definition) is 0. The predicted octanol–water partition coefficient (Wildman–Crippen LogP) is 3.21. The summed E-state index contributed by atoms with van der Waals surface area (Å²) in [5.41, 5.74) is 1.40. The maximum Gasteiger partial charge on any atom is 0.287 e. The van der Waals surface area contributed by atoms with Crippen LogP contribution in [-0.4, -0.2) is 54.1 Å². The van der Waals surface area contributed by atoms with Crippen LogP contribution in [-0.2, 0) is 11.3 Å². The van der Waals surface area contributed by atoms with Gasteiger partial charge in [0.2, 0.25) is 0 Å². The fourth-order valence-electron chi connectivity index (χ4n) is 3.67. The Hall–Kier alpha value is -2.88. The number of anilines is 1. The molecule has 31 heavy (non-hydrogen) atoms. The van der Waals surface area contributed by atoms with E-state index in [9.17, 15) is 14.9 Å². The van der Waals surface area contributed by atoms with E-state index in [4.69, 9.17) is 4.74 Å². The van der Waals surface area contributed by atoms with Gasteiger partial charge in [-0.05, 0) is 24.1 Å². The molecule has 8 nitrogen and oxygen atoms in total. The molecule has 162 valence electrons. The van der Waals surface area contributed by atoms with Gasteiger partial charge in [0.25, 0.3) is 11.2 Å². The van der Waals surface area contributed by atoms with Crippen molar-refractivity contribution in [2.75, 3.05) is 44.2 Å². The van der Waals surface area contributed by atoms with Gasteiger partial charge >= 0.3 is 0 Å². The molecule has 1 saturated heterocycles. The van der Waals surface area contributed by atoms with Crippen LogP contribution in [0.2, 0.25) is 0 Å². The molecule has 9 heteroatoms. The van der Waals surface area contributed by atoms with Crippen molar-refractivity contribution < 1.29 is 9.66 Å². The smallest absolute Gasteiger partial charge is 0.287 e. The first-order valence-corrected chi connectivity index (χ1v) is 11.0. The van der Waals surface area contributed by atoms with Gasteiger partial charge in [0, 0.05) is 38.8 Å². The Morgan fingerprint density at radius 1 is 1.16 bits per heavy atom. The van der Waals surface area contributed by atoms with Crippen LogP contribution >= 0.6 is 11.3 Å². The number of ether oxygens (including phenoxy) is 1. The quantitative estimate of drug-likeness (QED) is 0.317. The molecule has 0 radical (unpaired) electrons. The summed E-state index contributed by atoms with van der Waals surface area (Å²) < 4.78 is 6.16. The van der Waals surface area contributed by atoms with Crippen LogP contribution in [0.15, 0.2) is 47.3 Å². The third-order valence-corrected chi connectivity index (χ3v) is 6.50. The van der Waals surface area contributed by atoms with Gasteiger partial charge in [-0.15, -0.1) is 0 Å². The van der Waals surface area contributed by atoms with E-state index in [1.165, 1.54) is 17.4 Å². The second-order valence-corrected chi connectivity index (χ2v) is 8.56. The number of hydrogen-bond acceptors (Lipinski definition) is 8. The molecule has 0 bridgehead atoms. The number of benzene rings is 2. The number of fused-ring (bicyclic) bond motifs is 1. The fraction of sp³-hybridized carbons (Fsp3) is 0.364. The number of aryl methyl sites for hydroxylation is 1.